The summed E-state index contributed by atoms with van der Waals surface area (Å²) in [6, 6.07) is 15.9. The minimum absolute atomic E-state index is 0.134. The third kappa shape index (κ3) is 3.70. The van der Waals surface area contributed by atoms with Crippen molar-refractivity contribution in [3.63, 3.8) is 0 Å². The Morgan fingerprint density at radius 3 is 2.66 bits per heavy atom. The number of carbonyl (C=O) groups is 1. The van der Waals surface area contributed by atoms with Gasteiger partial charge >= 0.3 is 0 Å². The van der Waals surface area contributed by atoms with Crippen LogP contribution in [0.4, 0.5) is 0 Å². The molecule has 1 aromatic carbocycles. The van der Waals surface area contributed by atoms with Gasteiger partial charge in [-0.1, -0.05) is 18.2 Å². The molecule has 7 nitrogen and oxygen atoms in total. The van der Waals surface area contributed by atoms with E-state index >= 15 is 0 Å². The molecule has 3 aromatic rings. The molecule has 148 valence electrons. The van der Waals surface area contributed by atoms with Crippen molar-refractivity contribution in [1.29, 1.82) is 0 Å². The minimum atomic E-state index is -0.682. The monoisotopic (exact) mass is 391 g/mol. The summed E-state index contributed by atoms with van der Waals surface area (Å²) in [5.41, 5.74) is 3.61. The zero-order valence-corrected chi connectivity index (χ0v) is 15.7. The molecule has 1 aliphatic rings. The summed E-state index contributed by atoms with van der Waals surface area (Å²) in [5.74, 6) is -0.575. The molecule has 1 atom stereocenters. The van der Waals surface area contributed by atoms with E-state index < -0.39 is 11.5 Å². The van der Waals surface area contributed by atoms with Gasteiger partial charge in [-0.3, -0.25) is 19.8 Å². The lowest BCUT2D eigenvalue weighted by molar-refractivity contribution is 0.0322. The lowest BCUT2D eigenvalue weighted by Crippen LogP contribution is -2.31. The van der Waals surface area contributed by atoms with Gasteiger partial charge < -0.3 is 9.30 Å². The fourth-order valence-electron chi connectivity index (χ4n) is 3.73. The fraction of sp³-hybridized carbons (Fsp3) is 0.227. The standard InChI is InChI=1S/C22H21N3O4/c26-20-14-18(22(10-3-13-29-22)19-4-1-2-11-23-19)9-12-25(20)15-16-5-7-17(8-6-16)21(27)24-28/h1-2,4-9,11-12,14,28H,3,10,13,15H2,(H,24,27). The van der Waals surface area contributed by atoms with Crippen LogP contribution in [0.5, 0.6) is 0 Å². The van der Waals surface area contributed by atoms with Crippen LogP contribution in [-0.4, -0.2) is 27.3 Å². The van der Waals surface area contributed by atoms with Crippen LogP contribution in [0.2, 0.25) is 0 Å². The highest BCUT2D eigenvalue weighted by Gasteiger charge is 2.40. The van der Waals surface area contributed by atoms with E-state index in [1.54, 1.807) is 52.8 Å². The average molecular weight is 391 g/mol. The van der Waals surface area contributed by atoms with E-state index in [-0.39, 0.29) is 5.56 Å². The van der Waals surface area contributed by atoms with E-state index in [0.717, 1.165) is 29.7 Å². The van der Waals surface area contributed by atoms with Crippen LogP contribution in [0.1, 0.15) is 40.0 Å². The Labute approximate surface area is 167 Å². The SMILES string of the molecule is O=C(NO)c1ccc(Cn2ccc(C3(c4ccccn4)CCCO3)cc2=O)cc1. The highest BCUT2D eigenvalue weighted by atomic mass is 16.5. The number of hydrogen-bond donors (Lipinski definition) is 2. The van der Waals surface area contributed by atoms with Crippen molar-refractivity contribution in [1.82, 2.24) is 15.0 Å². The summed E-state index contributed by atoms with van der Waals surface area (Å²) >= 11 is 0. The van der Waals surface area contributed by atoms with E-state index in [0.29, 0.717) is 18.7 Å². The number of ether oxygens (including phenoxy) is 1. The Hall–Kier alpha value is -3.29. The van der Waals surface area contributed by atoms with Gasteiger partial charge in [0.25, 0.3) is 11.5 Å². The lowest BCUT2D eigenvalue weighted by Gasteiger charge is -2.28. The second-order valence-electron chi connectivity index (χ2n) is 7.01. The number of hydroxylamine groups is 1. The smallest absolute Gasteiger partial charge is 0.274 e. The topological polar surface area (TPSA) is 93.5 Å². The number of amides is 1. The first-order chi connectivity index (χ1) is 14.1. The van der Waals surface area contributed by atoms with Crippen LogP contribution < -0.4 is 11.0 Å². The maximum Gasteiger partial charge on any atom is 0.274 e. The molecule has 29 heavy (non-hydrogen) atoms. The minimum Gasteiger partial charge on any atom is -0.364 e. The van der Waals surface area contributed by atoms with Gasteiger partial charge in [0.05, 0.1) is 12.2 Å². The number of aromatic nitrogens is 2. The number of hydrogen-bond acceptors (Lipinski definition) is 5. The van der Waals surface area contributed by atoms with Gasteiger partial charge in [0.2, 0.25) is 0 Å². The molecule has 1 saturated heterocycles. The summed E-state index contributed by atoms with van der Waals surface area (Å²) in [7, 11) is 0. The molecule has 2 aromatic heterocycles. The van der Waals surface area contributed by atoms with Crippen molar-refractivity contribution in [3.8, 4) is 0 Å². The number of rotatable bonds is 5. The summed E-state index contributed by atoms with van der Waals surface area (Å²) in [6.07, 6.45) is 5.19. The molecule has 4 rings (SSSR count). The first-order valence-electron chi connectivity index (χ1n) is 9.42. The quantitative estimate of drug-likeness (QED) is 0.515. The van der Waals surface area contributed by atoms with Crippen LogP contribution in [0.25, 0.3) is 0 Å². The van der Waals surface area contributed by atoms with Crippen molar-refractivity contribution < 1.29 is 14.7 Å². The van der Waals surface area contributed by atoms with E-state index in [4.69, 9.17) is 9.94 Å². The Balaban J connectivity index is 1.61. The predicted molar refractivity (Wildman–Crippen MR) is 106 cm³/mol. The van der Waals surface area contributed by atoms with Crippen molar-refractivity contribution in [2.24, 2.45) is 0 Å². The third-order valence-electron chi connectivity index (χ3n) is 5.23. The van der Waals surface area contributed by atoms with Gasteiger partial charge in [-0.25, -0.2) is 5.48 Å². The number of pyridine rings is 2. The molecule has 0 aliphatic carbocycles. The molecule has 1 unspecified atom stereocenters. The Morgan fingerprint density at radius 2 is 2.03 bits per heavy atom. The third-order valence-corrected chi connectivity index (χ3v) is 5.23. The van der Waals surface area contributed by atoms with Gasteiger partial charge in [-0.05, 0) is 54.3 Å². The Morgan fingerprint density at radius 1 is 1.21 bits per heavy atom. The maximum atomic E-state index is 12.8. The lowest BCUT2D eigenvalue weighted by atomic mass is 9.87. The first-order valence-corrected chi connectivity index (χ1v) is 9.42. The summed E-state index contributed by atoms with van der Waals surface area (Å²) < 4.78 is 7.71. The molecule has 0 spiro atoms. The van der Waals surface area contributed by atoms with Crippen molar-refractivity contribution >= 4 is 5.91 Å². The van der Waals surface area contributed by atoms with Gasteiger partial charge in [0.15, 0.2) is 0 Å². The zero-order chi connectivity index (χ0) is 20.3. The second-order valence-corrected chi connectivity index (χ2v) is 7.01. The first kappa shape index (κ1) is 19.0. The van der Waals surface area contributed by atoms with Crippen LogP contribution >= 0.6 is 0 Å². The normalized spacial score (nSPS) is 18.5. The van der Waals surface area contributed by atoms with Gasteiger partial charge in [-0.2, -0.15) is 0 Å². The molecule has 2 N–H and O–H groups in total. The highest BCUT2D eigenvalue weighted by molar-refractivity contribution is 5.93. The molecule has 7 heteroatoms. The average Bonchev–Trinajstić information content (AvgIpc) is 3.27. The molecule has 1 amide bonds. The van der Waals surface area contributed by atoms with Crippen LogP contribution in [0.15, 0.2) is 71.8 Å². The van der Waals surface area contributed by atoms with Crippen molar-refractivity contribution in [3.05, 3.63) is 99.7 Å². The Bertz CT molecular complexity index is 1060. The van der Waals surface area contributed by atoms with E-state index in [1.807, 2.05) is 24.3 Å². The highest BCUT2D eigenvalue weighted by Crippen LogP contribution is 2.40. The van der Waals surface area contributed by atoms with E-state index in [9.17, 15) is 9.59 Å². The molecular formula is C22H21N3O4. The summed E-state index contributed by atoms with van der Waals surface area (Å²) in [4.78, 5) is 28.7. The van der Waals surface area contributed by atoms with Crippen LogP contribution in [0, 0.1) is 0 Å². The zero-order valence-electron chi connectivity index (χ0n) is 15.7. The second kappa shape index (κ2) is 7.98. The Kier molecular flexibility index (Phi) is 5.24. The van der Waals surface area contributed by atoms with Crippen molar-refractivity contribution in [2.45, 2.75) is 25.0 Å². The fourth-order valence-corrected chi connectivity index (χ4v) is 3.73. The number of nitrogens with zero attached hydrogens (tertiary/aromatic N) is 2. The van der Waals surface area contributed by atoms with E-state index in [2.05, 4.69) is 4.98 Å². The largest absolute Gasteiger partial charge is 0.364 e. The molecule has 0 bridgehead atoms. The molecule has 3 heterocycles. The predicted octanol–water partition coefficient (Wildman–Crippen LogP) is 2.46. The van der Waals surface area contributed by atoms with Gasteiger partial charge in [-0.15, -0.1) is 0 Å². The molecule has 0 saturated carbocycles. The van der Waals surface area contributed by atoms with Gasteiger partial charge in [0, 0.05) is 30.6 Å². The van der Waals surface area contributed by atoms with Gasteiger partial charge in [0.1, 0.15) is 5.60 Å². The van der Waals surface area contributed by atoms with Crippen molar-refractivity contribution in [2.75, 3.05) is 6.61 Å². The van der Waals surface area contributed by atoms with Crippen LogP contribution in [0.3, 0.4) is 0 Å². The molecule has 1 aliphatic heterocycles. The number of nitrogens with one attached hydrogen (secondary N) is 1. The molecular weight excluding hydrogens is 370 g/mol. The number of carbonyl (C=O) groups excluding carboxylic acids is 1. The maximum absolute atomic E-state index is 12.8. The van der Waals surface area contributed by atoms with E-state index in [1.165, 1.54) is 0 Å². The molecule has 1 fully saturated rings. The molecule has 0 radical (unpaired) electrons. The summed E-state index contributed by atoms with van der Waals surface area (Å²) in [5, 5.41) is 8.69. The summed E-state index contributed by atoms with van der Waals surface area (Å²) in [6.45, 7) is 1.00. The number of benzene rings is 1. The van der Waals surface area contributed by atoms with Crippen LogP contribution in [-0.2, 0) is 16.9 Å².